The highest BCUT2D eigenvalue weighted by molar-refractivity contribution is 5.66. The summed E-state index contributed by atoms with van der Waals surface area (Å²) < 4.78 is 0. The van der Waals surface area contributed by atoms with Gasteiger partial charge in [0.05, 0.1) is 0 Å². The Bertz CT molecular complexity index is 324. The molecule has 0 amide bonds. The van der Waals surface area contributed by atoms with Crippen LogP contribution in [-0.2, 0) is 11.2 Å². The van der Waals surface area contributed by atoms with E-state index in [2.05, 4.69) is 36.1 Å². The highest BCUT2D eigenvalue weighted by Gasteiger charge is 2.04. The zero-order valence-corrected chi connectivity index (χ0v) is 10.4. The third-order valence-corrected chi connectivity index (χ3v) is 2.87. The molecule has 0 heterocycles. The maximum absolute atomic E-state index is 10.4. The topological polar surface area (TPSA) is 40.5 Å². The van der Waals surface area contributed by atoms with Crippen LogP contribution in [0.25, 0.3) is 0 Å². The normalized spacial score (nSPS) is 10.7. The standard InChI is InChI=1S/C14H21NO2/c1-2-15(11-6-9-14(16)17)12-10-13-7-4-3-5-8-13/h3-5,7-8H,2,6,9-12H2,1H3,(H,16,17). The van der Waals surface area contributed by atoms with Crippen molar-refractivity contribution in [2.75, 3.05) is 19.6 Å². The Kier molecular flexibility index (Phi) is 6.33. The summed E-state index contributed by atoms with van der Waals surface area (Å²) in [4.78, 5) is 12.7. The molecule has 1 rings (SSSR count). The predicted molar refractivity (Wildman–Crippen MR) is 69.1 cm³/mol. The van der Waals surface area contributed by atoms with E-state index in [1.807, 2.05) is 6.07 Å². The molecule has 0 aliphatic carbocycles. The maximum atomic E-state index is 10.4. The van der Waals surface area contributed by atoms with Crippen molar-refractivity contribution in [1.29, 1.82) is 0 Å². The SMILES string of the molecule is CCN(CCCC(=O)O)CCc1ccccc1. The fourth-order valence-corrected chi connectivity index (χ4v) is 1.81. The Balaban J connectivity index is 2.25. The van der Waals surface area contributed by atoms with Crippen LogP contribution in [0.2, 0.25) is 0 Å². The van der Waals surface area contributed by atoms with Gasteiger partial charge in [0.15, 0.2) is 0 Å². The fourth-order valence-electron chi connectivity index (χ4n) is 1.81. The van der Waals surface area contributed by atoms with Crippen molar-refractivity contribution in [3.8, 4) is 0 Å². The van der Waals surface area contributed by atoms with E-state index < -0.39 is 5.97 Å². The van der Waals surface area contributed by atoms with Gasteiger partial charge in [0, 0.05) is 13.0 Å². The number of carbonyl (C=O) groups is 1. The first kappa shape index (κ1) is 13.7. The summed E-state index contributed by atoms with van der Waals surface area (Å²) in [6.07, 6.45) is 2.03. The maximum Gasteiger partial charge on any atom is 0.303 e. The van der Waals surface area contributed by atoms with Crippen LogP contribution in [0.1, 0.15) is 25.3 Å². The average molecular weight is 235 g/mol. The fraction of sp³-hybridized carbons (Fsp3) is 0.500. The molecule has 0 saturated carbocycles. The van der Waals surface area contributed by atoms with Crippen molar-refractivity contribution < 1.29 is 9.90 Å². The quantitative estimate of drug-likeness (QED) is 0.752. The second-order valence-electron chi connectivity index (χ2n) is 4.17. The number of hydrogen-bond donors (Lipinski definition) is 1. The molecule has 17 heavy (non-hydrogen) atoms. The lowest BCUT2D eigenvalue weighted by atomic mass is 10.1. The largest absolute Gasteiger partial charge is 0.481 e. The minimum atomic E-state index is -0.705. The lowest BCUT2D eigenvalue weighted by Gasteiger charge is -2.19. The number of carboxylic acids is 1. The van der Waals surface area contributed by atoms with Crippen LogP contribution in [0.15, 0.2) is 30.3 Å². The molecule has 3 nitrogen and oxygen atoms in total. The predicted octanol–water partition coefficient (Wildman–Crippen LogP) is 2.42. The van der Waals surface area contributed by atoms with E-state index in [1.54, 1.807) is 0 Å². The molecule has 0 saturated heterocycles. The molecule has 94 valence electrons. The van der Waals surface area contributed by atoms with Gasteiger partial charge in [0.2, 0.25) is 0 Å². The van der Waals surface area contributed by atoms with Crippen LogP contribution < -0.4 is 0 Å². The summed E-state index contributed by atoms with van der Waals surface area (Å²) in [5.74, 6) is -0.705. The number of hydrogen-bond acceptors (Lipinski definition) is 2. The Morgan fingerprint density at radius 2 is 1.94 bits per heavy atom. The van der Waals surface area contributed by atoms with Crippen LogP contribution in [0.4, 0.5) is 0 Å². The molecule has 0 bridgehead atoms. The number of likely N-dealkylation sites (N-methyl/N-ethyl adjacent to an activating group) is 1. The molecule has 0 aromatic heterocycles. The van der Waals surface area contributed by atoms with Crippen LogP contribution in [0.3, 0.4) is 0 Å². The van der Waals surface area contributed by atoms with Gasteiger partial charge in [-0.1, -0.05) is 37.3 Å². The first-order valence-electron chi connectivity index (χ1n) is 6.20. The van der Waals surface area contributed by atoms with Gasteiger partial charge in [-0.15, -0.1) is 0 Å². The van der Waals surface area contributed by atoms with E-state index >= 15 is 0 Å². The summed E-state index contributed by atoms with van der Waals surface area (Å²) in [5, 5.41) is 8.59. The van der Waals surface area contributed by atoms with Crippen LogP contribution in [0, 0.1) is 0 Å². The summed E-state index contributed by atoms with van der Waals surface area (Å²) in [6, 6.07) is 10.4. The average Bonchev–Trinajstić information content (AvgIpc) is 2.34. The second kappa shape index (κ2) is 7.85. The van der Waals surface area contributed by atoms with Crippen LogP contribution >= 0.6 is 0 Å². The molecular formula is C14H21NO2. The minimum Gasteiger partial charge on any atom is -0.481 e. The van der Waals surface area contributed by atoms with Gasteiger partial charge in [-0.2, -0.15) is 0 Å². The molecule has 1 aromatic carbocycles. The lowest BCUT2D eigenvalue weighted by molar-refractivity contribution is -0.137. The monoisotopic (exact) mass is 235 g/mol. The van der Waals surface area contributed by atoms with E-state index in [4.69, 9.17) is 5.11 Å². The highest BCUT2D eigenvalue weighted by atomic mass is 16.4. The first-order valence-corrected chi connectivity index (χ1v) is 6.20. The van der Waals surface area contributed by atoms with Crippen LogP contribution in [-0.4, -0.2) is 35.6 Å². The molecule has 0 aliphatic heterocycles. The molecule has 0 atom stereocenters. The zero-order valence-electron chi connectivity index (χ0n) is 10.4. The van der Waals surface area contributed by atoms with Crippen molar-refractivity contribution in [3.63, 3.8) is 0 Å². The minimum absolute atomic E-state index is 0.266. The molecular weight excluding hydrogens is 214 g/mol. The summed E-state index contributed by atoms with van der Waals surface area (Å²) in [5.41, 5.74) is 1.34. The Morgan fingerprint density at radius 1 is 1.24 bits per heavy atom. The zero-order chi connectivity index (χ0) is 12.5. The first-order chi connectivity index (χ1) is 8.22. The van der Waals surface area contributed by atoms with Gasteiger partial charge in [-0.25, -0.2) is 0 Å². The lowest BCUT2D eigenvalue weighted by Crippen LogP contribution is -2.27. The van der Waals surface area contributed by atoms with Gasteiger partial charge >= 0.3 is 5.97 Å². The molecule has 0 radical (unpaired) electrons. The Labute approximate surface area is 103 Å². The van der Waals surface area contributed by atoms with Crippen molar-refractivity contribution in [1.82, 2.24) is 4.90 Å². The Morgan fingerprint density at radius 3 is 2.53 bits per heavy atom. The van der Waals surface area contributed by atoms with Gasteiger partial charge in [0.1, 0.15) is 0 Å². The highest BCUT2D eigenvalue weighted by Crippen LogP contribution is 2.02. The number of nitrogens with zero attached hydrogens (tertiary/aromatic N) is 1. The van der Waals surface area contributed by atoms with Crippen LogP contribution in [0.5, 0.6) is 0 Å². The van der Waals surface area contributed by atoms with Crippen molar-refractivity contribution in [3.05, 3.63) is 35.9 Å². The van der Waals surface area contributed by atoms with E-state index in [0.29, 0.717) is 0 Å². The van der Waals surface area contributed by atoms with Gasteiger partial charge in [-0.05, 0) is 31.5 Å². The van der Waals surface area contributed by atoms with Gasteiger partial charge in [0.25, 0.3) is 0 Å². The summed E-state index contributed by atoms with van der Waals surface area (Å²) >= 11 is 0. The smallest absolute Gasteiger partial charge is 0.303 e. The number of aliphatic carboxylic acids is 1. The van der Waals surface area contributed by atoms with E-state index in [-0.39, 0.29) is 6.42 Å². The third kappa shape index (κ3) is 6.07. The molecule has 1 N–H and O–H groups in total. The van der Waals surface area contributed by atoms with Gasteiger partial charge in [-0.3, -0.25) is 4.79 Å². The summed E-state index contributed by atoms with van der Waals surface area (Å²) in [7, 11) is 0. The van der Waals surface area contributed by atoms with E-state index in [9.17, 15) is 4.79 Å². The van der Waals surface area contributed by atoms with E-state index in [1.165, 1.54) is 5.56 Å². The molecule has 0 aliphatic rings. The molecule has 0 fully saturated rings. The number of benzene rings is 1. The van der Waals surface area contributed by atoms with Crippen molar-refractivity contribution >= 4 is 5.97 Å². The number of carboxylic acid groups (broad SMARTS) is 1. The number of rotatable bonds is 8. The summed E-state index contributed by atoms with van der Waals surface area (Å²) in [6.45, 7) is 4.97. The third-order valence-electron chi connectivity index (χ3n) is 2.87. The molecule has 0 unspecified atom stereocenters. The Hall–Kier alpha value is -1.35. The van der Waals surface area contributed by atoms with Gasteiger partial charge < -0.3 is 10.0 Å². The van der Waals surface area contributed by atoms with Crippen molar-refractivity contribution in [2.24, 2.45) is 0 Å². The molecule has 1 aromatic rings. The van der Waals surface area contributed by atoms with E-state index in [0.717, 1.165) is 32.5 Å². The van der Waals surface area contributed by atoms with Crippen molar-refractivity contribution in [2.45, 2.75) is 26.2 Å². The molecule has 0 spiro atoms. The second-order valence-corrected chi connectivity index (χ2v) is 4.17. The molecule has 3 heteroatoms.